The van der Waals surface area contributed by atoms with Gasteiger partial charge in [-0.2, -0.15) is 0 Å². The van der Waals surface area contributed by atoms with Crippen molar-refractivity contribution in [1.82, 2.24) is 9.13 Å². The van der Waals surface area contributed by atoms with Gasteiger partial charge in [-0.15, -0.1) is 0 Å². The van der Waals surface area contributed by atoms with Crippen LogP contribution in [-0.4, -0.2) is 20.2 Å². The fourth-order valence-corrected chi connectivity index (χ4v) is 2.48. The molecule has 3 aromatic rings. The number of hydrogen-bond acceptors (Lipinski definition) is 2. The molecule has 0 aliphatic carbocycles. The van der Waals surface area contributed by atoms with E-state index in [1.54, 1.807) is 33.5 Å². The number of pyridine rings is 1. The SMILES string of the molecule is O=C(O)c1cc2ccccc2n1CCn1ccccc1=O. The lowest BCUT2D eigenvalue weighted by Gasteiger charge is -2.10. The summed E-state index contributed by atoms with van der Waals surface area (Å²) >= 11 is 0. The Kier molecular flexibility index (Phi) is 3.31. The molecule has 0 saturated carbocycles. The second-order valence-corrected chi connectivity index (χ2v) is 4.78. The molecule has 2 heterocycles. The van der Waals surface area contributed by atoms with Gasteiger partial charge in [0.2, 0.25) is 0 Å². The minimum atomic E-state index is -0.966. The number of hydrogen-bond donors (Lipinski definition) is 1. The molecule has 21 heavy (non-hydrogen) atoms. The number of carboxylic acid groups (broad SMARTS) is 1. The molecule has 0 atom stereocenters. The van der Waals surface area contributed by atoms with E-state index in [1.165, 1.54) is 6.07 Å². The van der Waals surface area contributed by atoms with Crippen molar-refractivity contribution in [3.63, 3.8) is 0 Å². The first-order valence-corrected chi connectivity index (χ1v) is 6.64. The maximum absolute atomic E-state index is 11.7. The highest BCUT2D eigenvalue weighted by Gasteiger charge is 2.14. The maximum Gasteiger partial charge on any atom is 0.352 e. The van der Waals surface area contributed by atoms with Crippen molar-refractivity contribution >= 4 is 16.9 Å². The van der Waals surface area contributed by atoms with Crippen molar-refractivity contribution in [2.75, 3.05) is 0 Å². The summed E-state index contributed by atoms with van der Waals surface area (Å²) in [6.45, 7) is 0.859. The third kappa shape index (κ3) is 2.45. The van der Waals surface area contributed by atoms with Gasteiger partial charge in [0.05, 0.1) is 0 Å². The molecule has 1 N–H and O–H groups in total. The number of rotatable bonds is 4. The summed E-state index contributed by atoms with van der Waals surface area (Å²) in [6, 6.07) is 14.1. The standard InChI is InChI=1S/C16H14N2O3/c19-15-7-3-4-8-17(15)9-10-18-13-6-2-1-5-12(13)11-14(18)16(20)21/h1-8,11H,9-10H2,(H,20,21). The van der Waals surface area contributed by atoms with E-state index in [-0.39, 0.29) is 11.3 Å². The molecule has 0 aliphatic heterocycles. The van der Waals surface area contributed by atoms with E-state index < -0.39 is 5.97 Å². The van der Waals surface area contributed by atoms with Gasteiger partial charge in [-0.05, 0) is 18.2 Å². The topological polar surface area (TPSA) is 64.2 Å². The smallest absolute Gasteiger partial charge is 0.352 e. The van der Waals surface area contributed by atoms with Crippen molar-refractivity contribution < 1.29 is 9.90 Å². The molecule has 0 amide bonds. The van der Waals surface area contributed by atoms with E-state index in [9.17, 15) is 14.7 Å². The normalized spacial score (nSPS) is 10.9. The number of carboxylic acids is 1. The van der Waals surface area contributed by atoms with Crippen molar-refractivity contribution in [1.29, 1.82) is 0 Å². The van der Waals surface area contributed by atoms with Crippen molar-refractivity contribution in [3.8, 4) is 0 Å². The number of aromatic nitrogens is 2. The van der Waals surface area contributed by atoms with Crippen LogP contribution in [-0.2, 0) is 13.1 Å². The number of benzene rings is 1. The molecule has 0 radical (unpaired) electrons. The minimum Gasteiger partial charge on any atom is -0.477 e. The quantitative estimate of drug-likeness (QED) is 0.798. The highest BCUT2D eigenvalue weighted by atomic mass is 16.4. The first-order valence-electron chi connectivity index (χ1n) is 6.64. The van der Waals surface area contributed by atoms with Crippen LogP contribution < -0.4 is 5.56 Å². The lowest BCUT2D eigenvalue weighted by atomic mass is 10.2. The molecule has 1 aromatic carbocycles. The molecule has 106 valence electrons. The van der Waals surface area contributed by atoms with Gasteiger partial charge in [0.1, 0.15) is 5.69 Å². The highest BCUT2D eigenvalue weighted by Crippen LogP contribution is 2.19. The Morgan fingerprint density at radius 3 is 2.57 bits per heavy atom. The molecular formula is C16H14N2O3. The fourth-order valence-electron chi connectivity index (χ4n) is 2.48. The third-order valence-electron chi connectivity index (χ3n) is 3.49. The summed E-state index contributed by atoms with van der Waals surface area (Å²) < 4.78 is 3.30. The second kappa shape index (κ2) is 5.28. The molecule has 2 aromatic heterocycles. The minimum absolute atomic E-state index is 0.0918. The van der Waals surface area contributed by atoms with Gasteiger partial charge in [-0.1, -0.05) is 24.3 Å². The zero-order valence-corrected chi connectivity index (χ0v) is 11.3. The Balaban J connectivity index is 2.00. The van der Waals surface area contributed by atoms with Gasteiger partial charge in [0, 0.05) is 36.3 Å². The molecular weight excluding hydrogens is 268 g/mol. The van der Waals surface area contributed by atoms with Crippen molar-refractivity contribution in [2.24, 2.45) is 0 Å². The monoisotopic (exact) mass is 282 g/mol. The Bertz CT molecular complexity index is 861. The molecule has 0 spiro atoms. The van der Waals surface area contributed by atoms with E-state index in [1.807, 2.05) is 24.3 Å². The summed E-state index contributed by atoms with van der Waals surface area (Å²) in [5.74, 6) is -0.966. The predicted molar refractivity (Wildman–Crippen MR) is 79.6 cm³/mol. The lowest BCUT2D eigenvalue weighted by Crippen LogP contribution is -2.21. The molecule has 0 aliphatic rings. The molecule has 5 heteroatoms. The number of nitrogens with zero attached hydrogens (tertiary/aromatic N) is 2. The van der Waals surface area contributed by atoms with Gasteiger partial charge in [-0.3, -0.25) is 4.79 Å². The second-order valence-electron chi connectivity index (χ2n) is 4.78. The van der Waals surface area contributed by atoms with E-state index in [2.05, 4.69) is 0 Å². The summed E-state index contributed by atoms with van der Waals surface area (Å²) in [5, 5.41) is 10.2. The molecule has 3 rings (SSSR count). The summed E-state index contributed by atoms with van der Waals surface area (Å²) in [5.41, 5.74) is 1.00. The maximum atomic E-state index is 11.7. The highest BCUT2D eigenvalue weighted by molar-refractivity contribution is 5.94. The largest absolute Gasteiger partial charge is 0.477 e. The van der Waals surface area contributed by atoms with Gasteiger partial charge < -0.3 is 14.2 Å². The summed E-state index contributed by atoms with van der Waals surface area (Å²) in [6.07, 6.45) is 1.70. The Labute approximate surface area is 120 Å². The number of fused-ring (bicyclic) bond motifs is 1. The molecule has 0 bridgehead atoms. The zero-order valence-electron chi connectivity index (χ0n) is 11.3. The Morgan fingerprint density at radius 1 is 1.05 bits per heavy atom. The van der Waals surface area contributed by atoms with Crippen LogP contribution >= 0.6 is 0 Å². The van der Waals surface area contributed by atoms with Gasteiger partial charge in [-0.25, -0.2) is 4.79 Å². The van der Waals surface area contributed by atoms with Crippen LogP contribution in [0.25, 0.3) is 10.9 Å². The zero-order chi connectivity index (χ0) is 14.8. The van der Waals surface area contributed by atoms with Gasteiger partial charge in [0.15, 0.2) is 0 Å². The van der Waals surface area contributed by atoms with Crippen LogP contribution in [0.4, 0.5) is 0 Å². The Morgan fingerprint density at radius 2 is 1.81 bits per heavy atom. The van der Waals surface area contributed by atoms with Gasteiger partial charge >= 0.3 is 5.97 Å². The third-order valence-corrected chi connectivity index (χ3v) is 3.49. The number of aryl methyl sites for hydroxylation is 2. The van der Waals surface area contributed by atoms with E-state index in [0.29, 0.717) is 13.1 Å². The van der Waals surface area contributed by atoms with Crippen LogP contribution in [0.3, 0.4) is 0 Å². The fraction of sp³-hybridized carbons (Fsp3) is 0.125. The van der Waals surface area contributed by atoms with Crippen LogP contribution in [0.1, 0.15) is 10.5 Å². The average molecular weight is 282 g/mol. The lowest BCUT2D eigenvalue weighted by molar-refractivity contribution is 0.0685. The molecule has 0 unspecified atom stereocenters. The first-order chi connectivity index (χ1) is 10.2. The van der Waals surface area contributed by atoms with E-state index in [0.717, 1.165) is 10.9 Å². The predicted octanol–water partition coefficient (Wildman–Crippen LogP) is 2.20. The van der Waals surface area contributed by atoms with Crippen LogP contribution in [0.15, 0.2) is 59.5 Å². The summed E-state index contributed by atoms with van der Waals surface area (Å²) in [7, 11) is 0. The van der Waals surface area contributed by atoms with Crippen molar-refractivity contribution in [3.05, 3.63) is 70.8 Å². The number of para-hydroxylation sites is 1. The number of carbonyl (C=O) groups is 1. The van der Waals surface area contributed by atoms with Crippen LogP contribution in [0.2, 0.25) is 0 Å². The first kappa shape index (κ1) is 13.2. The van der Waals surface area contributed by atoms with Crippen LogP contribution in [0, 0.1) is 0 Å². The molecule has 5 nitrogen and oxygen atoms in total. The van der Waals surface area contributed by atoms with Crippen molar-refractivity contribution in [2.45, 2.75) is 13.1 Å². The molecule has 0 fully saturated rings. The molecule has 0 saturated heterocycles. The van der Waals surface area contributed by atoms with E-state index >= 15 is 0 Å². The average Bonchev–Trinajstić information content (AvgIpc) is 2.85. The summed E-state index contributed by atoms with van der Waals surface area (Å²) in [4.78, 5) is 23.1. The van der Waals surface area contributed by atoms with Crippen LogP contribution in [0.5, 0.6) is 0 Å². The van der Waals surface area contributed by atoms with Gasteiger partial charge in [0.25, 0.3) is 5.56 Å². The number of aromatic carboxylic acids is 1. The Hall–Kier alpha value is -2.82. The van der Waals surface area contributed by atoms with E-state index in [4.69, 9.17) is 0 Å².